The molecule has 3 aromatic carbocycles. The van der Waals surface area contributed by atoms with Gasteiger partial charge in [-0.25, -0.2) is 4.68 Å². The highest BCUT2D eigenvalue weighted by Crippen LogP contribution is 2.24. The number of carbonyl (C=O) groups excluding carboxylic acids is 3. The van der Waals surface area contributed by atoms with Crippen LogP contribution in [0.1, 0.15) is 27.2 Å². The molecule has 0 saturated carbocycles. The van der Waals surface area contributed by atoms with Gasteiger partial charge < -0.3 is 10.6 Å². The SMILES string of the molecule is Cc1ccc(NC(=O)c2cc3cc(Br)ccc3n2NC(=O)C(=O)Nc2c(C)cccc2C)cc1. The highest BCUT2D eigenvalue weighted by atomic mass is 79.9. The predicted molar refractivity (Wildman–Crippen MR) is 138 cm³/mol. The number of benzene rings is 3. The molecule has 7 nitrogen and oxygen atoms in total. The van der Waals surface area contributed by atoms with Crippen molar-refractivity contribution in [2.24, 2.45) is 0 Å². The van der Waals surface area contributed by atoms with Crippen LogP contribution in [0.5, 0.6) is 0 Å². The number of hydrogen-bond acceptors (Lipinski definition) is 3. The molecule has 0 unspecified atom stereocenters. The second kappa shape index (κ2) is 9.52. The number of halogens is 1. The molecule has 4 aromatic rings. The third-order valence-electron chi connectivity index (χ3n) is 5.44. The maximum atomic E-state index is 13.1. The third kappa shape index (κ3) is 4.87. The van der Waals surface area contributed by atoms with Gasteiger partial charge in [0.1, 0.15) is 5.69 Å². The van der Waals surface area contributed by atoms with E-state index >= 15 is 0 Å². The van der Waals surface area contributed by atoms with E-state index in [2.05, 4.69) is 32.0 Å². The lowest BCUT2D eigenvalue weighted by atomic mass is 10.1. The van der Waals surface area contributed by atoms with Crippen LogP contribution >= 0.6 is 15.9 Å². The van der Waals surface area contributed by atoms with Gasteiger partial charge in [-0.15, -0.1) is 0 Å². The van der Waals surface area contributed by atoms with Gasteiger partial charge in [-0.3, -0.25) is 19.8 Å². The Morgan fingerprint density at radius 1 is 0.794 bits per heavy atom. The Morgan fingerprint density at radius 3 is 2.15 bits per heavy atom. The van der Waals surface area contributed by atoms with Crippen LogP contribution < -0.4 is 16.1 Å². The van der Waals surface area contributed by atoms with Crippen molar-refractivity contribution in [1.29, 1.82) is 0 Å². The van der Waals surface area contributed by atoms with E-state index in [1.54, 1.807) is 30.3 Å². The zero-order valence-electron chi connectivity index (χ0n) is 18.9. The average Bonchev–Trinajstić information content (AvgIpc) is 3.15. The van der Waals surface area contributed by atoms with Gasteiger partial charge in [-0.1, -0.05) is 51.8 Å². The van der Waals surface area contributed by atoms with Gasteiger partial charge >= 0.3 is 11.8 Å². The van der Waals surface area contributed by atoms with Crippen LogP contribution in [0.4, 0.5) is 11.4 Å². The van der Waals surface area contributed by atoms with Crippen molar-refractivity contribution in [3.8, 4) is 0 Å². The summed E-state index contributed by atoms with van der Waals surface area (Å²) in [7, 11) is 0. The maximum absolute atomic E-state index is 13.1. The zero-order chi connectivity index (χ0) is 24.4. The minimum absolute atomic E-state index is 0.182. The first-order valence-electron chi connectivity index (χ1n) is 10.6. The van der Waals surface area contributed by atoms with Crippen molar-refractivity contribution in [3.05, 3.63) is 93.6 Å². The van der Waals surface area contributed by atoms with Gasteiger partial charge in [-0.05, 0) is 68.3 Å². The maximum Gasteiger partial charge on any atom is 0.328 e. The molecule has 172 valence electrons. The summed E-state index contributed by atoms with van der Waals surface area (Å²) in [5.74, 6) is -2.15. The lowest BCUT2D eigenvalue weighted by Crippen LogP contribution is -2.36. The molecule has 0 atom stereocenters. The fourth-order valence-electron chi connectivity index (χ4n) is 3.64. The molecule has 0 saturated heterocycles. The first-order valence-corrected chi connectivity index (χ1v) is 11.4. The number of nitrogens with one attached hydrogen (secondary N) is 3. The lowest BCUT2D eigenvalue weighted by molar-refractivity contribution is -0.133. The molecule has 0 fully saturated rings. The van der Waals surface area contributed by atoms with E-state index in [1.165, 1.54) is 4.68 Å². The number of hydrogen-bond donors (Lipinski definition) is 3. The van der Waals surface area contributed by atoms with Crippen molar-refractivity contribution >= 4 is 55.9 Å². The summed E-state index contributed by atoms with van der Waals surface area (Å²) in [5, 5.41) is 6.23. The summed E-state index contributed by atoms with van der Waals surface area (Å²) in [6.07, 6.45) is 0. The topological polar surface area (TPSA) is 92.2 Å². The molecule has 0 aliphatic rings. The Balaban J connectivity index is 1.64. The van der Waals surface area contributed by atoms with Crippen LogP contribution in [0.15, 0.2) is 71.2 Å². The van der Waals surface area contributed by atoms with E-state index in [0.29, 0.717) is 16.9 Å². The molecule has 1 aromatic heterocycles. The van der Waals surface area contributed by atoms with Crippen LogP contribution in [0.3, 0.4) is 0 Å². The molecule has 1 heterocycles. The van der Waals surface area contributed by atoms with Crippen molar-refractivity contribution in [2.45, 2.75) is 20.8 Å². The van der Waals surface area contributed by atoms with E-state index in [1.807, 2.05) is 57.2 Å². The minimum Gasteiger partial charge on any atom is -0.321 e. The normalized spacial score (nSPS) is 10.7. The molecular formula is C26H23BrN4O3. The average molecular weight is 519 g/mol. The zero-order valence-corrected chi connectivity index (χ0v) is 20.5. The van der Waals surface area contributed by atoms with Crippen LogP contribution in [0, 0.1) is 20.8 Å². The highest BCUT2D eigenvalue weighted by Gasteiger charge is 2.22. The Morgan fingerprint density at radius 2 is 1.47 bits per heavy atom. The first-order chi connectivity index (χ1) is 16.2. The van der Waals surface area contributed by atoms with E-state index in [4.69, 9.17) is 0 Å². The Hall–Kier alpha value is -3.91. The van der Waals surface area contributed by atoms with Crippen LogP contribution in [0.2, 0.25) is 0 Å². The largest absolute Gasteiger partial charge is 0.328 e. The summed E-state index contributed by atoms with van der Waals surface area (Å²) in [5.41, 5.74) is 7.29. The first kappa shape index (κ1) is 23.3. The number of nitrogens with zero attached hydrogens (tertiary/aromatic N) is 1. The van der Waals surface area contributed by atoms with Crippen molar-refractivity contribution in [3.63, 3.8) is 0 Å². The van der Waals surface area contributed by atoms with Crippen LogP contribution in [-0.4, -0.2) is 22.4 Å². The number of carbonyl (C=O) groups is 3. The third-order valence-corrected chi connectivity index (χ3v) is 5.94. The summed E-state index contributed by atoms with van der Waals surface area (Å²) >= 11 is 3.43. The number of rotatable bonds is 4. The van der Waals surface area contributed by atoms with Gasteiger partial charge in [0.05, 0.1) is 5.52 Å². The van der Waals surface area contributed by atoms with Crippen molar-refractivity contribution < 1.29 is 14.4 Å². The molecule has 3 N–H and O–H groups in total. The predicted octanol–water partition coefficient (Wildman–Crippen LogP) is 5.29. The fourth-order valence-corrected chi connectivity index (χ4v) is 4.02. The molecule has 0 radical (unpaired) electrons. The van der Waals surface area contributed by atoms with E-state index < -0.39 is 17.7 Å². The van der Waals surface area contributed by atoms with Crippen molar-refractivity contribution in [2.75, 3.05) is 16.1 Å². The summed E-state index contributed by atoms with van der Waals surface area (Å²) in [4.78, 5) is 38.6. The molecule has 4 rings (SSSR count). The van der Waals surface area contributed by atoms with E-state index in [0.717, 1.165) is 26.5 Å². The highest BCUT2D eigenvalue weighted by molar-refractivity contribution is 9.10. The van der Waals surface area contributed by atoms with Gasteiger partial charge in [0.25, 0.3) is 5.91 Å². The monoisotopic (exact) mass is 518 g/mol. The molecular weight excluding hydrogens is 496 g/mol. The molecule has 3 amide bonds. The Bertz CT molecular complexity index is 1400. The summed E-state index contributed by atoms with van der Waals surface area (Å²) in [6.45, 7) is 5.66. The molecule has 0 bridgehead atoms. The van der Waals surface area contributed by atoms with Crippen molar-refractivity contribution in [1.82, 2.24) is 4.68 Å². The van der Waals surface area contributed by atoms with Gasteiger partial charge in [0.2, 0.25) is 0 Å². The molecule has 34 heavy (non-hydrogen) atoms. The Labute approximate surface area is 205 Å². The fraction of sp³-hybridized carbons (Fsp3) is 0.115. The quantitative estimate of drug-likeness (QED) is 0.320. The van der Waals surface area contributed by atoms with Crippen LogP contribution in [0.25, 0.3) is 10.9 Å². The number of para-hydroxylation sites is 1. The number of fused-ring (bicyclic) bond motifs is 1. The lowest BCUT2D eigenvalue weighted by Gasteiger charge is -2.14. The second-order valence-corrected chi connectivity index (χ2v) is 8.97. The number of amides is 3. The van der Waals surface area contributed by atoms with Gasteiger partial charge in [0, 0.05) is 21.2 Å². The number of aryl methyl sites for hydroxylation is 3. The standard InChI is InChI=1S/C26H23BrN4O3/c1-15-7-10-20(11-8-15)28-24(32)22-14-18-13-19(27)9-12-21(18)31(22)30-26(34)25(33)29-23-16(2)5-4-6-17(23)3/h4-14H,1-3H3,(H,28,32)(H,29,33)(H,30,34). The van der Waals surface area contributed by atoms with Gasteiger partial charge in [0.15, 0.2) is 0 Å². The number of anilines is 2. The molecule has 0 aliphatic heterocycles. The molecule has 0 spiro atoms. The number of aromatic nitrogens is 1. The summed E-state index contributed by atoms with van der Waals surface area (Å²) in [6, 6.07) is 20.0. The Kier molecular flexibility index (Phi) is 6.51. The molecule has 0 aliphatic carbocycles. The minimum atomic E-state index is -0.896. The van der Waals surface area contributed by atoms with E-state index in [-0.39, 0.29) is 5.69 Å². The summed E-state index contributed by atoms with van der Waals surface area (Å²) < 4.78 is 2.15. The second-order valence-electron chi connectivity index (χ2n) is 8.05. The van der Waals surface area contributed by atoms with Gasteiger partial charge in [-0.2, -0.15) is 0 Å². The van der Waals surface area contributed by atoms with Crippen LogP contribution in [-0.2, 0) is 9.59 Å². The van der Waals surface area contributed by atoms with E-state index in [9.17, 15) is 14.4 Å². The smallest absolute Gasteiger partial charge is 0.321 e. The molecule has 8 heteroatoms.